The van der Waals surface area contributed by atoms with Crippen LogP contribution in [-0.4, -0.2) is 28.7 Å². The molecule has 10 nitrogen and oxygen atoms in total. The molecule has 6 aromatic heterocycles. The summed E-state index contributed by atoms with van der Waals surface area (Å²) in [5, 5.41) is 35.9. The van der Waals surface area contributed by atoms with E-state index in [4.69, 9.17) is 14.7 Å². The number of rotatable bonds is 3. The van der Waals surface area contributed by atoms with Crippen molar-refractivity contribution in [2.75, 3.05) is 0 Å². The van der Waals surface area contributed by atoms with E-state index in [-0.39, 0.29) is 0 Å². The average molecular weight is 906 g/mol. The first-order chi connectivity index (χ1) is 35.0. The van der Waals surface area contributed by atoms with E-state index in [2.05, 4.69) is 116 Å². The molecule has 15 rings (SSSR count). The molecule has 0 unspecified atom stereocenters. The standard InChI is InChI=1S/C61H31N9O/c62-29-35-17-20-54-44(23-35)41-9-1-6-14-52(41)69(54)39-27-49-59(66-32-39)60-50(28-40(33-67-60)70-53-15-7-2-10-42(53)45-24-36(30-63)18-21-55(45)70)61(49)47-12-4-8-16-57(47)71-58-22-19-38(26-48(58)61)68-51-13-5-3-11-43(51)46-25-37(31-64)65-34-56(46)68/h1-28,32-34H. The van der Waals surface area contributed by atoms with Gasteiger partial charge in [-0.05, 0) is 97.1 Å². The Hall–Kier alpha value is -10.3. The molecule has 0 radical (unpaired) electrons. The summed E-state index contributed by atoms with van der Waals surface area (Å²) in [6, 6.07) is 64.5. The fourth-order valence-corrected chi connectivity index (χ4v) is 11.8. The maximum Gasteiger partial charge on any atom is 0.141 e. The molecule has 2 aliphatic rings. The number of fused-ring (bicyclic) bond motifs is 18. The molecular weight excluding hydrogens is 875 g/mol. The fraction of sp³-hybridized carbons (Fsp3) is 0.0164. The van der Waals surface area contributed by atoms with Gasteiger partial charge in [-0.1, -0.05) is 72.8 Å². The number of pyridine rings is 3. The summed E-state index contributed by atoms with van der Waals surface area (Å²) in [5.74, 6) is 1.41. The summed E-state index contributed by atoms with van der Waals surface area (Å²) >= 11 is 0. The largest absolute Gasteiger partial charge is 0.457 e. The van der Waals surface area contributed by atoms with E-state index in [9.17, 15) is 15.8 Å². The smallest absolute Gasteiger partial charge is 0.141 e. The van der Waals surface area contributed by atoms with E-state index in [1.807, 2.05) is 103 Å². The van der Waals surface area contributed by atoms with Crippen molar-refractivity contribution in [1.29, 1.82) is 15.8 Å². The van der Waals surface area contributed by atoms with E-state index in [1.54, 1.807) is 6.20 Å². The first-order valence-electron chi connectivity index (χ1n) is 23.2. The number of hydrogen-bond acceptors (Lipinski definition) is 7. The number of ether oxygens (including phenoxy) is 1. The van der Waals surface area contributed by atoms with E-state index in [0.717, 1.165) is 116 Å². The van der Waals surface area contributed by atoms with E-state index < -0.39 is 5.41 Å². The Labute approximate surface area is 404 Å². The van der Waals surface area contributed by atoms with Crippen LogP contribution in [0.3, 0.4) is 0 Å². The van der Waals surface area contributed by atoms with Gasteiger partial charge in [-0.25, -0.2) is 4.98 Å². The lowest BCUT2D eigenvalue weighted by Crippen LogP contribution is -2.32. The molecule has 10 heteroatoms. The molecule has 0 fully saturated rings. The van der Waals surface area contributed by atoms with Crippen LogP contribution in [0.4, 0.5) is 0 Å². The summed E-state index contributed by atoms with van der Waals surface area (Å²) in [7, 11) is 0. The van der Waals surface area contributed by atoms with Crippen LogP contribution in [0.25, 0.3) is 93.9 Å². The average Bonchev–Trinajstić information content (AvgIpc) is 4.14. The third-order valence-electron chi connectivity index (χ3n) is 14.7. The predicted molar refractivity (Wildman–Crippen MR) is 274 cm³/mol. The molecule has 0 bridgehead atoms. The number of aromatic nitrogens is 6. The SMILES string of the molecule is N#Cc1ccc2c(c1)c1ccccc1n2-c1cnc2c(c1)C1(c3ccccc3Oc3ccc(-n4c5ccccc5c5cc(C#N)ncc54)cc31)c1cc(-n3c4ccccc4c4cc(C#N)ccc43)cnc1-2. The summed E-state index contributed by atoms with van der Waals surface area (Å²) < 4.78 is 13.7. The van der Waals surface area contributed by atoms with Gasteiger partial charge in [0, 0.05) is 60.3 Å². The molecular formula is C61H31N9O. The van der Waals surface area contributed by atoms with Crippen LogP contribution in [0, 0.1) is 34.0 Å². The predicted octanol–water partition coefficient (Wildman–Crippen LogP) is 13.2. The van der Waals surface area contributed by atoms with Gasteiger partial charge in [0.1, 0.15) is 23.3 Å². The van der Waals surface area contributed by atoms with Crippen molar-refractivity contribution in [2.24, 2.45) is 0 Å². The number of para-hydroxylation sites is 4. The second kappa shape index (κ2) is 14.1. The zero-order valence-corrected chi connectivity index (χ0v) is 37.3. The van der Waals surface area contributed by atoms with Crippen molar-refractivity contribution < 1.29 is 4.74 Å². The molecule has 0 atom stereocenters. The molecule has 0 N–H and O–H groups in total. The van der Waals surface area contributed by atoms with Gasteiger partial charge in [-0.3, -0.25) is 9.97 Å². The van der Waals surface area contributed by atoms with Gasteiger partial charge in [-0.2, -0.15) is 15.8 Å². The van der Waals surface area contributed by atoms with Gasteiger partial charge in [0.15, 0.2) is 0 Å². The van der Waals surface area contributed by atoms with Crippen molar-refractivity contribution in [3.05, 3.63) is 228 Å². The first-order valence-corrected chi connectivity index (χ1v) is 23.2. The van der Waals surface area contributed by atoms with Crippen LogP contribution >= 0.6 is 0 Å². The minimum absolute atomic E-state index is 0.350. The maximum absolute atomic E-state index is 9.98. The minimum Gasteiger partial charge on any atom is -0.457 e. The highest BCUT2D eigenvalue weighted by molar-refractivity contribution is 6.12. The summed E-state index contributed by atoms with van der Waals surface area (Å²) in [6.07, 6.45) is 5.66. The lowest BCUT2D eigenvalue weighted by atomic mass is 9.66. The Morgan fingerprint density at radius 2 is 0.845 bits per heavy atom. The monoisotopic (exact) mass is 905 g/mol. The summed E-state index contributed by atoms with van der Waals surface area (Å²) in [4.78, 5) is 15.4. The van der Waals surface area contributed by atoms with Crippen LogP contribution in [0.1, 0.15) is 39.1 Å². The fourth-order valence-electron chi connectivity index (χ4n) is 11.8. The van der Waals surface area contributed by atoms with Crippen molar-refractivity contribution in [1.82, 2.24) is 28.7 Å². The summed E-state index contributed by atoms with van der Waals surface area (Å²) in [5.41, 5.74) is 14.0. The normalized spacial score (nSPS) is 13.0. The van der Waals surface area contributed by atoms with Gasteiger partial charge in [0.05, 0.1) is 103 Å². The van der Waals surface area contributed by atoms with E-state index in [0.29, 0.717) is 28.3 Å². The zero-order valence-electron chi connectivity index (χ0n) is 37.3. The highest BCUT2D eigenvalue weighted by Gasteiger charge is 2.53. The number of nitriles is 3. The van der Waals surface area contributed by atoms with Gasteiger partial charge < -0.3 is 18.4 Å². The van der Waals surface area contributed by atoms with E-state index in [1.165, 1.54) is 0 Å². The lowest BCUT2D eigenvalue weighted by molar-refractivity contribution is 0.436. The molecule has 326 valence electrons. The number of hydrogen-bond donors (Lipinski definition) is 0. The molecule has 0 amide bonds. The molecule has 0 saturated heterocycles. The van der Waals surface area contributed by atoms with Crippen molar-refractivity contribution >= 4 is 65.4 Å². The third-order valence-corrected chi connectivity index (χ3v) is 14.7. The maximum atomic E-state index is 9.98. The van der Waals surface area contributed by atoms with Crippen LogP contribution in [0.5, 0.6) is 11.5 Å². The quantitative estimate of drug-likeness (QED) is 0.172. The molecule has 13 aromatic rings. The Morgan fingerprint density at radius 3 is 1.41 bits per heavy atom. The molecule has 1 spiro atoms. The first kappa shape index (κ1) is 38.7. The van der Waals surface area contributed by atoms with Gasteiger partial charge in [-0.15, -0.1) is 0 Å². The molecule has 0 saturated carbocycles. The van der Waals surface area contributed by atoms with Crippen molar-refractivity contribution in [3.8, 4) is 58.2 Å². The van der Waals surface area contributed by atoms with Crippen molar-refractivity contribution in [2.45, 2.75) is 5.41 Å². The second-order valence-corrected chi connectivity index (χ2v) is 18.2. The Bertz CT molecular complexity index is 4500. The second-order valence-electron chi connectivity index (χ2n) is 18.2. The van der Waals surface area contributed by atoms with Gasteiger partial charge in [0.2, 0.25) is 0 Å². The molecule has 7 aromatic carbocycles. The van der Waals surface area contributed by atoms with Gasteiger partial charge in [0.25, 0.3) is 0 Å². The molecule has 71 heavy (non-hydrogen) atoms. The molecule has 7 heterocycles. The Balaban J connectivity index is 1.07. The van der Waals surface area contributed by atoms with Gasteiger partial charge >= 0.3 is 0 Å². The Kier molecular flexibility index (Phi) is 7.69. The van der Waals surface area contributed by atoms with Crippen LogP contribution in [0.2, 0.25) is 0 Å². The van der Waals surface area contributed by atoms with Crippen LogP contribution in [0.15, 0.2) is 188 Å². The topological polar surface area (TPSA) is 134 Å². The minimum atomic E-state index is -1.04. The van der Waals surface area contributed by atoms with Crippen LogP contribution in [-0.2, 0) is 5.41 Å². The highest BCUT2D eigenvalue weighted by Crippen LogP contribution is 2.62. The zero-order chi connectivity index (χ0) is 47.1. The summed E-state index contributed by atoms with van der Waals surface area (Å²) in [6.45, 7) is 0. The van der Waals surface area contributed by atoms with Crippen molar-refractivity contribution in [3.63, 3.8) is 0 Å². The van der Waals surface area contributed by atoms with E-state index >= 15 is 0 Å². The Morgan fingerprint density at radius 1 is 0.366 bits per heavy atom. The highest BCUT2D eigenvalue weighted by atomic mass is 16.5. The lowest BCUT2D eigenvalue weighted by Gasteiger charge is -2.39. The van der Waals surface area contributed by atoms with Crippen LogP contribution < -0.4 is 4.74 Å². The third kappa shape index (κ3) is 5.08. The molecule has 1 aliphatic carbocycles. The number of benzene rings is 7. The molecule has 1 aliphatic heterocycles. The number of nitrogens with zero attached hydrogens (tertiary/aromatic N) is 9.